The summed E-state index contributed by atoms with van der Waals surface area (Å²) in [4.78, 5) is 29.9. The first-order valence-electron chi connectivity index (χ1n) is 15.8. The van der Waals surface area contributed by atoms with E-state index in [4.69, 9.17) is 21.4 Å². The smallest absolute Gasteiger partial charge is 0.251 e. The number of fused-ring (bicyclic) bond motifs is 1. The van der Waals surface area contributed by atoms with Crippen LogP contribution in [0.5, 0.6) is 5.75 Å². The van der Waals surface area contributed by atoms with E-state index >= 15 is 0 Å². The van der Waals surface area contributed by atoms with Crippen LogP contribution in [0.15, 0.2) is 66.7 Å². The molecule has 0 radical (unpaired) electrons. The first-order valence-corrected chi connectivity index (χ1v) is 16.2. The quantitative estimate of drug-likeness (QED) is 0.227. The van der Waals surface area contributed by atoms with Crippen molar-refractivity contribution in [1.82, 2.24) is 24.9 Å². The number of carbonyl (C=O) groups is 2. The third-order valence-electron chi connectivity index (χ3n) is 8.91. The Kier molecular flexibility index (Phi) is 9.52. The zero-order chi connectivity index (χ0) is 31.3. The Balaban J connectivity index is 1.25. The molecule has 1 saturated heterocycles. The normalized spacial score (nSPS) is 14.8. The minimum absolute atomic E-state index is 0.0762. The number of aromatic nitrogens is 2. The molecule has 2 aliphatic rings. The molecule has 0 saturated carbocycles. The number of nitrogens with one attached hydrogen (secondary N) is 1. The topological polar surface area (TPSA) is 79.7 Å². The van der Waals surface area contributed by atoms with Gasteiger partial charge in [-0.25, -0.2) is 0 Å². The van der Waals surface area contributed by atoms with Crippen molar-refractivity contribution in [1.29, 1.82) is 0 Å². The molecular formula is C36H40ClN5O3. The molecule has 0 atom stereocenters. The van der Waals surface area contributed by atoms with Gasteiger partial charge in [0, 0.05) is 72.5 Å². The highest BCUT2D eigenvalue weighted by molar-refractivity contribution is 6.33. The standard InChI is InChI=1S/C36H40ClN5O3/c1-25(43)41-20-15-34-32(24-41)35(39-42(34)19-6-18-40-16-3-4-17-40)28-11-14-33(37)31(22-28)27-7-5-8-29(21-27)36(44)38-23-26-9-12-30(45-2)13-10-26/h5,7-14,21-22H,3-4,6,15-20,23-24H2,1-2H3,(H,38,44). The number of aryl methyl sites for hydroxylation is 1. The van der Waals surface area contributed by atoms with Crippen molar-refractivity contribution >= 4 is 23.4 Å². The van der Waals surface area contributed by atoms with Crippen LogP contribution in [0.2, 0.25) is 5.02 Å². The maximum atomic E-state index is 13.1. The monoisotopic (exact) mass is 625 g/mol. The highest BCUT2D eigenvalue weighted by Gasteiger charge is 2.27. The van der Waals surface area contributed by atoms with Crippen molar-refractivity contribution in [3.63, 3.8) is 0 Å². The zero-order valence-electron chi connectivity index (χ0n) is 26.0. The highest BCUT2D eigenvalue weighted by atomic mass is 35.5. The van der Waals surface area contributed by atoms with Gasteiger partial charge < -0.3 is 19.9 Å². The SMILES string of the molecule is COc1ccc(CNC(=O)c2cccc(-c3cc(-c4nn(CCCN5CCCC5)c5c4CN(C(C)=O)CC5)ccc3Cl)c2)cc1. The van der Waals surface area contributed by atoms with Crippen LogP contribution in [0.25, 0.3) is 22.4 Å². The van der Waals surface area contributed by atoms with Crippen LogP contribution in [0.1, 0.15) is 53.4 Å². The fraction of sp³-hybridized carbons (Fsp3) is 0.361. The molecular weight excluding hydrogens is 586 g/mol. The van der Waals surface area contributed by atoms with Gasteiger partial charge in [0.25, 0.3) is 5.91 Å². The fourth-order valence-electron chi connectivity index (χ4n) is 6.38. The van der Waals surface area contributed by atoms with E-state index < -0.39 is 0 Å². The lowest BCUT2D eigenvalue weighted by molar-refractivity contribution is -0.129. The van der Waals surface area contributed by atoms with Gasteiger partial charge >= 0.3 is 0 Å². The molecule has 4 aromatic rings. The van der Waals surface area contributed by atoms with E-state index in [2.05, 4.69) is 21.0 Å². The number of benzene rings is 3. The van der Waals surface area contributed by atoms with Crippen LogP contribution in [0, 0.1) is 0 Å². The Morgan fingerprint density at radius 1 is 0.956 bits per heavy atom. The summed E-state index contributed by atoms with van der Waals surface area (Å²) in [7, 11) is 1.63. The highest BCUT2D eigenvalue weighted by Crippen LogP contribution is 2.36. The molecule has 1 aromatic heterocycles. The number of carbonyl (C=O) groups excluding carboxylic acids is 2. The molecule has 2 amide bonds. The molecule has 0 spiro atoms. The van der Waals surface area contributed by atoms with E-state index in [0.29, 0.717) is 30.2 Å². The van der Waals surface area contributed by atoms with Gasteiger partial charge in [0.1, 0.15) is 5.75 Å². The molecule has 0 bridgehead atoms. The molecule has 9 heteroatoms. The molecule has 45 heavy (non-hydrogen) atoms. The summed E-state index contributed by atoms with van der Waals surface area (Å²) in [6, 6.07) is 21.1. The molecule has 6 rings (SSSR count). The summed E-state index contributed by atoms with van der Waals surface area (Å²) in [6.45, 7) is 7.61. The Labute approximate surface area is 269 Å². The van der Waals surface area contributed by atoms with Gasteiger partial charge in [0.15, 0.2) is 0 Å². The maximum absolute atomic E-state index is 13.1. The van der Waals surface area contributed by atoms with Crippen LogP contribution in [-0.2, 0) is 30.8 Å². The Hall–Kier alpha value is -4.14. The number of halogens is 1. The van der Waals surface area contributed by atoms with Crippen LogP contribution in [-0.4, -0.2) is 64.7 Å². The molecule has 2 aliphatic heterocycles. The number of hydrogen-bond acceptors (Lipinski definition) is 5. The lowest BCUT2D eigenvalue weighted by atomic mass is 9.96. The average Bonchev–Trinajstić information content (AvgIpc) is 3.72. The second-order valence-corrected chi connectivity index (χ2v) is 12.3. The summed E-state index contributed by atoms with van der Waals surface area (Å²) >= 11 is 6.77. The number of hydrogen-bond donors (Lipinski definition) is 1. The number of amides is 2. The average molecular weight is 626 g/mol. The van der Waals surface area contributed by atoms with Crippen LogP contribution < -0.4 is 10.1 Å². The molecule has 3 heterocycles. The van der Waals surface area contributed by atoms with E-state index in [1.165, 1.54) is 31.6 Å². The second kappa shape index (κ2) is 13.9. The predicted molar refractivity (Wildman–Crippen MR) is 177 cm³/mol. The largest absolute Gasteiger partial charge is 0.497 e. The zero-order valence-corrected chi connectivity index (χ0v) is 26.8. The number of nitrogens with zero attached hydrogens (tertiary/aromatic N) is 4. The molecule has 3 aromatic carbocycles. The number of rotatable bonds is 10. The number of ether oxygens (including phenoxy) is 1. The van der Waals surface area contributed by atoms with Gasteiger partial charge in [0.05, 0.1) is 12.8 Å². The third-order valence-corrected chi connectivity index (χ3v) is 9.24. The van der Waals surface area contributed by atoms with Crippen molar-refractivity contribution in [2.45, 2.75) is 52.2 Å². The van der Waals surface area contributed by atoms with Crippen LogP contribution in [0.4, 0.5) is 0 Å². The Morgan fingerprint density at radius 2 is 1.76 bits per heavy atom. The van der Waals surface area contributed by atoms with E-state index in [-0.39, 0.29) is 11.8 Å². The second-order valence-electron chi connectivity index (χ2n) is 11.9. The molecule has 0 unspecified atom stereocenters. The van der Waals surface area contributed by atoms with Crippen LogP contribution in [0.3, 0.4) is 0 Å². The van der Waals surface area contributed by atoms with E-state index in [1.54, 1.807) is 20.1 Å². The first kappa shape index (κ1) is 30.9. The van der Waals surface area contributed by atoms with E-state index in [0.717, 1.165) is 65.2 Å². The minimum Gasteiger partial charge on any atom is -0.497 e. The van der Waals surface area contributed by atoms with E-state index in [1.807, 2.05) is 59.5 Å². The first-order chi connectivity index (χ1) is 21.9. The van der Waals surface area contributed by atoms with Gasteiger partial charge in [-0.3, -0.25) is 14.3 Å². The van der Waals surface area contributed by atoms with Crippen LogP contribution >= 0.6 is 11.6 Å². The maximum Gasteiger partial charge on any atom is 0.251 e. The van der Waals surface area contributed by atoms with Gasteiger partial charge in [-0.05, 0) is 86.4 Å². The van der Waals surface area contributed by atoms with Gasteiger partial charge in [-0.15, -0.1) is 0 Å². The summed E-state index contributed by atoms with van der Waals surface area (Å²) in [5, 5.41) is 8.74. The Morgan fingerprint density at radius 3 is 2.51 bits per heavy atom. The van der Waals surface area contributed by atoms with Crippen molar-refractivity contribution in [3.05, 3.63) is 94.1 Å². The molecule has 234 valence electrons. The number of likely N-dealkylation sites (tertiary alicyclic amines) is 1. The Bertz CT molecular complexity index is 1680. The van der Waals surface area contributed by atoms with Crippen molar-refractivity contribution in [3.8, 4) is 28.1 Å². The van der Waals surface area contributed by atoms with Gasteiger partial charge in [0.2, 0.25) is 5.91 Å². The minimum atomic E-state index is -0.161. The summed E-state index contributed by atoms with van der Waals surface area (Å²) in [6.07, 6.45) is 4.42. The molecule has 8 nitrogen and oxygen atoms in total. The van der Waals surface area contributed by atoms with Gasteiger partial charge in [-0.1, -0.05) is 41.9 Å². The molecule has 1 N–H and O–H groups in total. The number of methoxy groups -OCH3 is 1. The molecule has 1 fully saturated rings. The molecule has 0 aliphatic carbocycles. The van der Waals surface area contributed by atoms with E-state index in [9.17, 15) is 9.59 Å². The van der Waals surface area contributed by atoms with Crippen molar-refractivity contribution < 1.29 is 14.3 Å². The fourth-order valence-corrected chi connectivity index (χ4v) is 6.60. The lowest BCUT2D eigenvalue weighted by Crippen LogP contribution is -2.34. The van der Waals surface area contributed by atoms with Gasteiger partial charge in [-0.2, -0.15) is 5.10 Å². The van der Waals surface area contributed by atoms with Crippen molar-refractivity contribution in [2.24, 2.45) is 0 Å². The summed E-state index contributed by atoms with van der Waals surface area (Å²) in [5.74, 6) is 0.691. The summed E-state index contributed by atoms with van der Waals surface area (Å²) < 4.78 is 7.39. The lowest BCUT2D eigenvalue weighted by Gasteiger charge is -2.27. The van der Waals surface area contributed by atoms with Crippen molar-refractivity contribution in [2.75, 3.05) is 33.3 Å². The predicted octanol–water partition coefficient (Wildman–Crippen LogP) is 6.20. The third kappa shape index (κ3) is 7.08. The summed E-state index contributed by atoms with van der Waals surface area (Å²) in [5.41, 5.74) is 7.39.